The van der Waals surface area contributed by atoms with Crippen LogP contribution in [0.3, 0.4) is 0 Å². The number of amidine groups is 1. The number of nitrogens with two attached hydrogens (primary N) is 1. The number of rotatable bonds is 3. The minimum absolute atomic E-state index is 0.0671. The average molecular weight is 332 g/mol. The van der Waals surface area contributed by atoms with E-state index in [2.05, 4.69) is 52.9 Å². The second-order valence-electron chi connectivity index (χ2n) is 4.98. The molecule has 3 N–H and O–H groups in total. The summed E-state index contributed by atoms with van der Waals surface area (Å²) in [7, 11) is 2.03. The molecule has 0 aromatic heterocycles. The molecule has 0 atom stereocenters. The van der Waals surface area contributed by atoms with Crippen LogP contribution in [0.1, 0.15) is 16.7 Å². The lowest BCUT2D eigenvalue weighted by Crippen LogP contribution is -2.14. The maximum atomic E-state index is 7.51. The van der Waals surface area contributed by atoms with Crippen LogP contribution in [0.15, 0.2) is 40.9 Å². The minimum Gasteiger partial charge on any atom is -0.384 e. The van der Waals surface area contributed by atoms with Crippen molar-refractivity contribution in [3.63, 3.8) is 0 Å². The number of hydrogen-bond donors (Lipinski definition) is 2. The number of nitrogens with one attached hydrogen (secondary N) is 1. The molecule has 3 nitrogen and oxygen atoms in total. The van der Waals surface area contributed by atoms with Gasteiger partial charge in [-0.05, 0) is 71.2 Å². The third-order valence-corrected chi connectivity index (χ3v) is 3.88. The van der Waals surface area contributed by atoms with Crippen molar-refractivity contribution >= 4 is 33.1 Å². The van der Waals surface area contributed by atoms with E-state index >= 15 is 0 Å². The summed E-state index contributed by atoms with van der Waals surface area (Å²) in [5.74, 6) is 0.0671. The van der Waals surface area contributed by atoms with Gasteiger partial charge in [-0.1, -0.05) is 6.07 Å². The highest BCUT2D eigenvalue weighted by atomic mass is 79.9. The van der Waals surface area contributed by atoms with Gasteiger partial charge in [-0.15, -0.1) is 0 Å². The fourth-order valence-corrected chi connectivity index (χ4v) is 2.80. The van der Waals surface area contributed by atoms with Crippen molar-refractivity contribution < 1.29 is 0 Å². The molecule has 0 unspecified atom stereocenters. The molecule has 2 rings (SSSR count). The van der Waals surface area contributed by atoms with Gasteiger partial charge in [0.1, 0.15) is 5.84 Å². The Bertz CT molecular complexity index is 645. The number of nitrogen functional groups attached to an aromatic ring is 1. The molecule has 0 spiro atoms. The molecule has 2 aromatic carbocycles. The first kappa shape index (κ1) is 14.6. The summed E-state index contributed by atoms with van der Waals surface area (Å²) in [6.07, 6.45) is 0. The summed E-state index contributed by atoms with van der Waals surface area (Å²) in [5.41, 5.74) is 10.9. The zero-order chi connectivity index (χ0) is 14.9. The van der Waals surface area contributed by atoms with Crippen molar-refractivity contribution in [3.8, 4) is 0 Å². The van der Waals surface area contributed by atoms with Crippen molar-refractivity contribution in [2.24, 2.45) is 5.73 Å². The van der Waals surface area contributed by atoms with Crippen LogP contribution in [0.2, 0.25) is 0 Å². The second-order valence-corrected chi connectivity index (χ2v) is 5.84. The molecule has 104 valence electrons. The molecule has 0 aliphatic carbocycles. The van der Waals surface area contributed by atoms with Crippen LogP contribution in [0.25, 0.3) is 0 Å². The fraction of sp³-hybridized carbons (Fsp3) is 0.188. The molecular formula is C16H18BrN3. The summed E-state index contributed by atoms with van der Waals surface area (Å²) in [4.78, 5) is 2.12. The zero-order valence-corrected chi connectivity index (χ0v) is 13.5. The maximum absolute atomic E-state index is 7.51. The van der Waals surface area contributed by atoms with Gasteiger partial charge in [-0.2, -0.15) is 0 Å². The average Bonchev–Trinajstić information content (AvgIpc) is 2.36. The van der Waals surface area contributed by atoms with Gasteiger partial charge in [0.25, 0.3) is 0 Å². The lowest BCUT2D eigenvalue weighted by atomic mass is 10.1. The quantitative estimate of drug-likeness (QED) is 0.656. The summed E-state index contributed by atoms with van der Waals surface area (Å²) in [6.45, 7) is 4.19. The molecule has 20 heavy (non-hydrogen) atoms. The Kier molecular flexibility index (Phi) is 4.14. The van der Waals surface area contributed by atoms with Crippen LogP contribution >= 0.6 is 15.9 Å². The van der Waals surface area contributed by atoms with E-state index < -0.39 is 0 Å². The van der Waals surface area contributed by atoms with Gasteiger partial charge in [-0.3, -0.25) is 5.41 Å². The molecule has 2 aromatic rings. The van der Waals surface area contributed by atoms with Crippen molar-refractivity contribution in [3.05, 3.63) is 57.6 Å². The molecule has 0 bridgehead atoms. The topological polar surface area (TPSA) is 53.1 Å². The SMILES string of the molecule is Cc1cc(C)cc(N(C)c2ccc(C(=N)N)c(Br)c2)c1. The van der Waals surface area contributed by atoms with Crippen LogP contribution in [0, 0.1) is 19.3 Å². The van der Waals surface area contributed by atoms with Crippen LogP contribution in [-0.2, 0) is 0 Å². The second kappa shape index (κ2) is 5.67. The zero-order valence-electron chi connectivity index (χ0n) is 11.9. The first-order valence-corrected chi connectivity index (χ1v) is 7.14. The number of halogens is 1. The van der Waals surface area contributed by atoms with Gasteiger partial charge < -0.3 is 10.6 Å². The number of aryl methyl sites for hydroxylation is 2. The van der Waals surface area contributed by atoms with Crippen LogP contribution in [0.5, 0.6) is 0 Å². The van der Waals surface area contributed by atoms with Crippen LogP contribution in [-0.4, -0.2) is 12.9 Å². The van der Waals surface area contributed by atoms with Gasteiger partial charge in [0.2, 0.25) is 0 Å². The van der Waals surface area contributed by atoms with E-state index in [1.165, 1.54) is 11.1 Å². The molecule has 0 aliphatic heterocycles. The molecule has 0 aliphatic rings. The first-order valence-electron chi connectivity index (χ1n) is 6.34. The van der Waals surface area contributed by atoms with Gasteiger partial charge >= 0.3 is 0 Å². The highest BCUT2D eigenvalue weighted by Gasteiger charge is 2.09. The van der Waals surface area contributed by atoms with Crippen molar-refractivity contribution in [1.82, 2.24) is 0 Å². The van der Waals surface area contributed by atoms with Gasteiger partial charge in [0, 0.05) is 28.5 Å². The standard InChI is InChI=1S/C16H18BrN3/c1-10-6-11(2)8-13(7-10)20(3)12-4-5-14(16(18)19)15(17)9-12/h4-9H,1-3H3,(H3,18,19). The summed E-state index contributed by atoms with van der Waals surface area (Å²) >= 11 is 3.47. The normalized spacial score (nSPS) is 10.4. The fourth-order valence-electron chi connectivity index (χ4n) is 2.22. The molecular weight excluding hydrogens is 314 g/mol. The monoisotopic (exact) mass is 331 g/mol. The Balaban J connectivity index is 2.40. The summed E-state index contributed by atoms with van der Waals surface area (Å²) < 4.78 is 0.832. The van der Waals surface area contributed by atoms with E-state index in [0.29, 0.717) is 5.56 Å². The Morgan fingerprint density at radius 2 is 1.65 bits per heavy atom. The predicted octanol–water partition coefficient (Wildman–Crippen LogP) is 4.12. The Labute approximate surface area is 128 Å². The molecule has 0 heterocycles. The number of nitrogens with zero attached hydrogens (tertiary/aromatic N) is 1. The van der Waals surface area contributed by atoms with E-state index in [-0.39, 0.29) is 5.84 Å². The number of benzene rings is 2. The third kappa shape index (κ3) is 3.02. The lowest BCUT2D eigenvalue weighted by molar-refractivity contribution is 1.19. The van der Waals surface area contributed by atoms with E-state index in [9.17, 15) is 0 Å². The minimum atomic E-state index is 0.0671. The lowest BCUT2D eigenvalue weighted by Gasteiger charge is -2.21. The van der Waals surface area contributed by atoms with Gasteiger partial charge in [0.15, 0.2) is 0 Å². The third-order valence-electron chi connectivity index (χ3n) is 3.22. The summed E-state index contributed by atoms with van der Waals surface area (Å²) in [5, 5.41) is 7.51. The molecule has 0 saturated carbocycles. The van der Waals surface area contributed by atoms with E-state index in [4.69, 9.17) is 11.1 Å². The first-order chi connectivity index (χ1) is 9.38. The maximum Gasteiger partial charge on any atom is 0.123 e. The molecule has 0 radical (unpaired) electrons. The van der Waals surface area contributed by atoms with Crippen molar-refractivity contribution in [1.29, 1.82) is 5.41 Å². The number of anilines is 2. The van der Waals surface area contributed by atoms with E-state index in [0.717, 1.165) is 15.8 Å². The summed E-state index contributed by atoms with van der Waals surface area (Å²) in [6, 6.07) is 12.3. The van der Waals surface area contributed by atoms with Gasteiger partial charge in [0.05, 0.1) is 0 Å². The Morgan fingerprint density at radius 3 is 2.15 bits per heavy atom. The number of hydrogen-bond acceptors (Lipinski definition) is 2. The Hall–Kier alpha value is -1.81. The predicted molar refractivity (Wildman–Crippen MR) is 89.1 cm³/mol. The van der Waals surface area contributed by atoms with E-state index in [1.54, 1.807) is 0 Å². The molecule has 4 heteroatoms. The van der Waals surface area contributed by atoms with Crippen molar-refractivity contribution in [2.75, 3.05) is 11.9 Å². The molecule has 0 fully saturated rings. The largest absolute Gasteiger partial charge is 0.384 e. The van der Waals surface area contributed by atoms with Crippen LogP contribution in [0.4, 0.5) is 11.4 Å². The molecule has 0 amide bonds. The Morgan fingerprint density at radius 1 is 1.05 bits per heavy atom. The smallest absolute Gasteiger partial charge is 0.123 e. The van der Waals surface area contributed by atoms with Gasteiger partial charge in [-0.25, -0.2) is 0 Å². The van der Waals surface area contributed by atoms with Crippen LogP contribution < -0.4 is 10.6 Å². The van der Waals surface area contributed by atoms with E-state index in [1.807, 2.05) is 25.2 Å². The highest BCUT2D eigenvalue weighted by molar-refractivity contribution is 9.10. The molecule has 0 saturated heterocycles. The highest BCUT2D eigenvalue weighted by Crippen LogP contribution is 2.29. The van der Waals surface area contributed by atoms with Crippen molar-refractivity contribution in [2.45, 2.75) is 13.8 Å².